The molecule has 3 aliphatic heterocycles. The third-order valence-electron chi connectivity index (χ3n) is 6.98. The van der Waals surface area contributed by atoms with Crippen molar-refractivity contribution < 1.29 is 14.6 Å². The first-order valence-corrected chi connectivity index (χ1v) is 11.8. The molecule has 1 saturated heterocycles. The number of piperidine rings is 1. The van der Waals surface area contributed by atoms with E-state index in [4.69, 9.17) is 9.47 Å². The van der Waals surface area contributed by atoms with Crippen LogP contribution in [0.4, 0.5) is 0 Å². The van der Waals surface area contributed by atoms with Crippen molar-refractivity contribution in [3.63, 3.8) is 0 Å². The summed E-state index contributed by atoms with van der Waals surface area (Å²) in [4.78, 5) is 5.17. The molecule has 158 valence electrons. The summed E-state index contributed by atoms with van der Waals surface area (Å²) in [5.74, 6) is 1.91. The summed E-state index contributed by atoms with van der Waals surface area (Å²) in [7, 11) is 1.70. The minimum Gasteiger partial charge on any atom is -0.493 e. The van der Waals surface area contributed by atoms with E-state index in [2.05, 4.69) is 31.8 Å². The van der Waals surface area contributed by atoms with Gasteiger partial charge in [0.05, 0.1) is 13.2 Å². The van der Waals surface area contributed by atoms with Gasteiger partial charge in [-0.3, -0.25) is 4.90 Å². The zero-order valence-corrected chi connectivity index (χ0v) is 18.8. The fourth-order valence-electron chi connectivity index (χ4n) is 5.65. The van der Waals surface area contributed by atoms with E-state index in [1.54, 1.807) is 7.11 Å². The van der Waals surface area contributed by atoms with Crippen molar-refractivity contribution in [3.8, 4) is 11.5 Å². The molecule has 1 N–H and O–H groups in total. The third kappa shape index (κ3) is 3.73. The van der Waals surface area contributed by atoms with E-state index in [0.29, 0.717) is 6.42 Å². The Balaban J connectivity index is 1.41. The average Bonchev–Trinajstić information content (AvgIpc) is 3.00. The van der Waals surface area contributed by atoms with Crippen LogP contribution in [0.5, 0.6) is 11.5 Å². The number of halogens is 1. The molecule has 4 aliphatic rings. The van der Waals surface area contributed by atoms with Gasteiger partial charge in [-0.2, -0.15) is 0 Å². The van der Waals surface area contributed by atoms with Gasteiger partial charge >= 0.3 is 0 Å². The second-order valence-corrected chi connectivity index (χ2v) is 9.78. The van der Waals surface area contributed by atoms with Crippen LogP contribution in [0.2, 0.25) is 0 Å². The zero-order chi connectivity index (χ0) is 20.0. The van der Waals surface area contributed by atoms with Crippen LogP contribution in [0.1, 0.15) is 49.1 Å². The largest absolute Gasteiger partial charge is 0.493 e. The molecule has 0 aromatic heterocycles. The maximum absolute atomic E-state index is 10.4. The van der Waals surface area contributed by atoms with Crippen LogP contribution in [0.25, 0.3) is 0 Å². The molecule has 1 aliphatic carbocycles. The number of ether oxygens (including phenoxy) is 2. The normalized spacial score (nSPS) is 29.1. The van der Waals surface area contributed by atoms with Gasteiger partial charge in [0.1, 0.15) is 6.10 Å². The van der Waals surface area contributed by atoms with Crippen molar-refractivity contribution in [2.24, 2.45) is 0 Å². The Morgan fingerprint density at radius 1 is 1.17 bits per heavy atom. The molecule has 0 spiro atoms. The minimum absolute atomic E-state index is 0.00949. The molecular formula is C23H31BrN2O3. The van der Waals surface area contributed by atoms with Crippen LogP contribution < -0.4 is 9.47 Å². The summed E-state index contributed by atoms with van der Waals surface area (Å²) in [5.41, 5.74) is 3.91. The van der Waals surface area contributed by atoms with Gasteiger partial charge in [-0.05, 0) is 56.1 Å². The van der Waals surface area contributed by atoms with Crippen molar-refractivity contribution in [1.29, 1.82) is 0 Å². The standard InChI is InChI=1S/C23H31BrN2O3/c1-28-20-12-18(24)17-14-26(9-5-8-25-6-3-2-4-7-25)13-15-10-16(27)11-19-21(15)22(17)23(20)29-19/h10,12,16,19,21,27H,2-9,11,13-14H2,1H3/t16-,19?,21?/m0/s1. The quantitative estimate of drug-likeness (QED) is 0.676. The summed E-state index contributed by atoms with van der Waals surface area (Å²) >= 11 is 3.81. The Morgan fingerprint density at radius 3 is 2.76 bits per heavy atom. The summed E-state index contributed by atoms with van der Waals surface area (Å²) in [6.07, 6.45) is 7.60. The lowest BCUT2D eigenvalue weighted by Crippen LogP contribution is -2.35. The van der Waals surface area contributed by atoms with Crippen LogP contribution in [0.3, 0.4) is 0 Å². The van der Waals surface area contributed by atoms with Gasteiger partial charge in [-0.1, -0.05) is 28.4 Å². The first-order valence-electron chi connectivity index (χ1n) is 11.0. The summed E-state index contributed by atoms with van der Waals surface area (Å²) in [6.45, 7) is 6.61. The fraction of sp³-hybridized carbons (Fsp3) is 0.652. The van der Waals surface area contributed by atoms with Gasteiger partial charge in [0.25, 0.3) is 0 Å². The Hall–Kier alpha value is -1.08. The Bertz CT molecular complexity index is 806. The van der Waals surface area contributed by atoms with Crippen LogP contribution in [-0.4, -0.2) is 66.9 Å². The monoisotopic (exact) mass is 462 g/mol. The Kier molecular flexibility index (Phi) is 5.63. The smallest absolute Gasteiger partial charge is 0.165 e. The number of rotatable bonds is 5. The predicted octanol–water partition coefficient (Wildman–Crippen LogP) is 3.68. The summed E-state index contributed by atoms with van der Waals surface area (Å²) in [5, 5.41) is 10.4. The van der Waals surface area contributed by atoms with Crippen LogP contribution >= 0.6 is 15.9 Å². The summed E-state index contributed by atoms with van der Waals surface area (Å²) in [6, 6.07) is 2.04. The topological polar surface area (TPSA) is 45.2 Å². The zero-order valence-electron chi connectivity index (χ0n) is 17.2. The van der Waals surface area contributed by atoms with Crippen molar-refractivity contribution in [2.45, 2.75) is 56.8 Å². The van der Waals surface area contributed by atoms with Gasteiger partial charge in [-0.15, -0.1) is 0 Å². The summed E-state index contributed by atoms with van der Waals surface area (Å²) < 4.78 is 13.1. The highest BCUT2D eigenvalue weighted by Crippen LogP contribution is 2.54. The number of benzene rings is 1. The van der Waals surface area contributed by atoms with E-state index in [1.165, 1.54) is 62.0 Å². The van der Waals surface area contributed by atoms with Crippen LogP contribution in [0.15, 0.2) is 22.2 Å². The van der Waals surface area contributed by atoms with E-state index >= 15 is 0 Å². The van der Waals surface area contributed by atoms with Gasteiger partial charge in [0, 0.05) is 42.0 Å². The number of nitrogens with zero attached hydrogens (tertiary/aromatic N) is 2. The lowest BCUT2D eigenvalue weighted by molar-refractivity contribution is 0.110. The van der Waals surface area contributed by atoms with E-state index in [-0.39, 0.29) is 12.0 Å². The molecule has 3 heterocycles. The van der Waals surface area contributed by atoms with Crippen LogP contribution in [0, 0.1) is 0 Å². The number of hydrogen-bond acceptors (Lipinski definition) is 5. The molecule has 1 fully saturated rings. The maximum atomic E-state index is 10.4. The van der Waals surface area contributed by atoms with Gasteiger partial charge in [0.15, 0.2) is 11.5 Å². The van der Waals surface area contributed by atoms with Gasteiger partial charge in [-0.25, -0.2) is 0 Å². The lowest BCUT2D eigenvalue weighted by atomic mass is 9.80. The predicted molar refractivity (Wildman–Crippen MR) is 117 cm³/mol. The first kappa shape index (κ1) is 19.9. The third-order valence-corrected chi connectivity index (χ3v) is 7.68. The second-order valence-electron chi connectivity index (χ2n) is 8.93. The fourth-order valence-corrected chi connectivity index (χ4v) is 6.19. The van der Waals surface area contributed by atoms with E-state index < -0.39 is 6.10 Å². The molecule has 1 aromatic carbocycles. The lowest BCUT2D eigenvalue weighted by Gasteiger charge is -2.31. The number of aliphatic hydroxyl groups is 1. The van der Waals surface area contributed by atoms with E-state index in [9.17, 15) is 5.11 Å². The first-order chi connectivity index (χ1) is 14.1. The molecule has 29 heavy (non-hydrogen) atoms. The highest BCUT2D eigenvalue weighted by Gasteiger charge is 2.46. The second kappa shape index (κ2) is 8.22. The molecule has 0 amide bonds. The average molecular weight is 463 g/mol. The SMILES string of the molecule is COc1cc(Br)c2c3c1OC1C[C@@H](O)C=C(CN(CCCN4CCCCC4)C2)C31. The van der Waals surface area contributed by atoms with E-state index in [1.807, 2.05) is 6.07 Å². The van der Waals surface area contributed by atoms with Gasteiger partial charge in [0.2, 0.25) is 0 Å². The number of likely N-dealkylation sites (tertiary alicyclic amines) is 1. The molecule has 3 atom stereocenters. The highest BCUT2D eigenvalue weighted by molar-refractivity contribution is 9.10. The Labute approximate surface area is 181 Å². The van der Waals surface area contributed by atoms with E-state index in [0.717, 1.165) is 35.6 Å². The van der Waals surface area contributed by atoms with Crippen molar-refractivity contribution in [2.75, 3.05) is 39.8 Å². The van der Waals surface area contributed by atoms with Crippen molar-refractivity contribution in [1.82, 2.24) is 9.80 Å². The minimum atomic E-state index is -0.424. The number of hydrogen-bond donors (Lipinski definition) is 1. The molecule has 0 radical (unpaired) electrons. The molecule has 5 nitrogen and oxygen atoms in total. The Morgan fingerprint density at radius 2 is 1.97 bits per heavy atom. The molecule has 1 aromatic rings. The van der Waals surface area contributed by atoms with Crippen LogP contribution in [-0.2, 0) is 6.54 Å². The molecule has 2 unspecified atom stereocenters. The van der Waals surface area contributed by atoms with Gasteiger partial charge < -0.3 is 19.5 Å². The molecular weight excluding hydrogens is 432 g/mol. The molecule has 5 rings (SSSR count). The molecule has 6 heteroatoms. The maximum Gasteiger partial charge on any atom is 0.165 e. The number of methoxy groups -OCH3 is 1. The highest BCUT2D eigenvalue weighted by atomic mass is 79.9. The van der Waals surface area contributed by atoms with Crippen molar-refractivity contribution in [3.05, 3.63) is 33.3 Å². The van der Waals surface area contributed by atoms with Crippen molar-refractivity contribution >= 4 is 15.9 Å². The molecule has 0 bridgehead atoms. The number of aliphatic hydroxyl groups excluding tert-OH is 1. The molecule has 0 saturated carbocycles.